The molecule has 1 aromatic heterocycles. The van der Waals surface area contributed by atoms with Gasteiger partial charge >= 0.3 is 0 Å². The lowest BCUT2D eigenvalue weighted by molar-refractivity contribution is 0.171. The van der Waals surface area contributed by atoms with Crippen LogP contribution in [0.1, 0.15) is 24.0 Å². The molecule has 3 heterocycles. The first-order valence-electron chi connectivity index (χ1n) is 11.3. The number of benzene rings is 2. The Morgan fingerprint density at radius 3 is 2.91 bits per heavy atom. The number of nitrogens with zero attached hydrogens (tertiary/aromatic N) is 4. The van der Waals surface area contributed by atoms with Gasteiger partial charge in [-0.1, -0.05) is 17.9 Å². The van der Waals surface area contributed by atoms with Crippen molar-refractivity contribution < 1.29 is 9.94 Å². The van der Waals surface area contributed by atoms with Crippen LogP contribution in [-0.4, -0.2) is 53.1 Å². The second-order valence-electron chi connectivity index (χ2n) is 8.28. The number of aromatic nitrogens is 2. The minimum absolute atomic E-state index is 0.212. The zero-order valence-corrected chi connectivity index (χ0v) is 18.7. The van der Waals surface area contributed by atoms with E-state index >= 15 is 0 Å². The summed E-state index contributed by atoms with van der Waals surface area (Å²) in [6.07, 6.45) is 5.08. The van der Waals surface area contributed by atoms with E-state index in [0.29, 0.717) is 17.1 Å². The maximum atomic E-state index is 11.1. The van der Waals surface area contributed by atoms with E-state index in [0.717, 1.165) is 59.7 Å². The Bertz CT molecular complexity index is 1300. The summed E-state index contributed by atoms with van der Waals surface area (Å²) in [4.78, 5) is 11.3. The maximum absolute atomic E-state index is 11.1. The molecule has 3 aromatic rings. The average molecular weight is 442 g/mol. The average Bonchev–Trinajstić information content (AvgIpc) is 3.28. The van der Waals surface area contributed by atoms with Crippen molar-refractivity contribution in [3.05, 3.63) is 65.4 Å². The predicted octanol–water partition coefficient (Wildman–Crippen LogP) is 3.44. The smallest absolute Gasteiger partial charge is 0.264 e. The third-order valence-electron chi connectivity index (χ3n) is 6.04. The van der Waals surface area contributed by atoms with Gasteiger partial charge in [-0.3, -0.25) is 4.90 Å². The first-order valence-corrected chi connectivity index (χ1v) is 11.3. The third kappa shape index (κ3) is 4.57. The number of methoxy groups -OCH3 is 1. The van der Waals surface area contributed by atoms with Crippen molar-refractivity contribution in [3.63, 3.8) is 0 Å². The molecule has 0 atom stereocenters. The number of rotatable bonds is 3. The van der Waals surface area contributed by atoms with Crippen molar-refractivity contribution in [2.45, 2.75) is 19.3 Å². The van der Waals surface area contributed by atoms with Gasteiger partial charge in [-0.05, 0) is 62.7 Å². The van der Waals surface area contributed by atoms with Crippen LogP contribution in [0.3, 0.4) is 0 Å². The van der Waals surface area contributed by atoms with Crippen molar-refractivity contribution >= 4 is 11.4 Å². The van der Waals surface area contributed by atoms with Crippen LogP contribution in [0.15, 0.2) is 53.7 Å². The fraction of sp³-hybridized carbons (Fsp3) is 0.308. The largest absolute Gasteiger partial charge is 0.497 e. The van der Waals surface area contributed by atoms with Gasteiger partial charge in [-0.2, -0.15) is 0 Å². The zero-order chi connectivity index (χ0) is 22.6. The van der Waals surface area contributed by atoms with E-state index in [2.05, 4.69) is 38.1 Å². The molecule has 2 aromatic carbocycles. The first kappa shape index (κ1) is 21.1. The van der Waals surface area contributed by atoms with Gasteiger partial charge in [0.15, 0.2) is 0 Å². The van der Waals surface area contributed by atoms with Crippen LogP contribution in [0.4, 0.5) is 11.4 Å². The highest BCUT2D eigenvalue weighted by atomic mass is 16.5. The standard InChI is InChI=1S/C26H27N5O2/c1-33-22-8-4-7-21(17-22)29-26-28-18-20-11-12-27-24-16-19(6-5-15-30-13-2-3-14-30)9-10-23(24)25(20)31(26)32/h4,7-10,16-18,27,32H,2-3,11-15H2,1H3. The van der Waals surface area contributed by atoms with Gasteiger partial charge in [0.25, 0.3) is 5.62 Å². The van der Waals surface area contributed by atoms with Gasteiger partial charge in [-0.15, -0.1) is 4.73 Å². The lowest BCUT2D eigenvalue weighted by Gasteiger charge is -2.13. The quantitative estimate of drug-likeness (QED) is 0.481. The Balaban J connectivity index is 1.51. The molecule has 0 saturated carbocycles. The topological polar surface area (TPSA) is 74.9 Å². The van der Waals surface area contributed by atoms with E-state index in [1.165, 1.54) is 12.8 Å². The SMILES string of the molecule is COc1cccc(N=c2ncc3c(n2O)-c2ccc(C#CCN4CCCC4)cc2NCC3)c1. The molecule has 7 heteroatoms. The monoisotopic (exact) mass is 441 g/mol. The minimum atomic E-state index is 0.212. The lowest BCUT2D eigenvalue weighted by atomic mass is 10.0. The number of anilines is 1. The Labute approximate surface area is 193 Å². The fourth-order valence-corrected chi connectivity index (χ4v) is 4.33. The van der Waals surface area contributed by atoms with Crippen LogP contribution in [0.25, 0.3) is 11.3 Å². The lowest BCUT2D eigenvalue weighted by Crippen LogP contribution is -2.25. The summed E-state index contributed by atoms with van der Waals surface area (Å²) in [7, 11) is 1.61. The van der Waals surface area contributed by atoms with E-state index < -0.39 is 0 Å². The Hall–Kier alpha value is -3.76. The van der Waals surface area contributed by atoms with Crippen molar-refractivity contribution in [1.29, 1.82) is 0 Å². The second kappa shape index (κ2) is 9.39. The molecule has 33 heavy (non-hydrogen) atoms. The fourth-order valence-electron chi connectivity index (χ4n) is 4.33. The Kier molecular flexibility index (Phi) is 6.01. The normalized spacial score (nSPS) is 15.6. The molecular weight excluding hydrogens is 414 g/mol. The summed E-state index contributed by atoms with van der Waals surface area (Å²) in [6.45, 7) is 3.85. The van der Waals surface area contributed by atoms with Crippen LogP contribution < -0.4 is 15.7 Å². The number of nitrogens with one attached hydrogen (secondary N) is 1. The molecule has 0 spiro atoms. The molecule has 2 N–H and O–H groups in total. The summed E-state index contributed by atoms with van der Waals surface area (Å²) >= 11 is 0. The highest BCUT2D eigenvalue weighted by molar-refractivity contribution is 5.80. The van der Waals surface area contributed by atoms with Gasteiger partial charge in [0.05, 0.1) is 25.0 Å². The zero-order valence-electron chi connectivity index (χ0n) is 18.7. The summed E-state index contributed by atoms with van der Waals surface area (Å²) in [6, 6.07) is 13.4. The van der Waals surface area contributed by atoms with Crippen LogP contribution in [0.2, 0.25) is 0 Å². The molecule has 2 aliphatic heterocycles. The van der Waals surface area contributed by atoms with Crippen LogP contribution in [0, 0.1) is 11.8 Å². The number of likely N-dealkylation sites (tertiary alicyclic amines) is 1. The van der Waals surface area contributed by atoms with E-state index in [1.807, 2.05) is 30.3 Å². The summed E-state index contributed by atoms with van der Waals surface area (Å²) < 4.78 is 6.36. The molecule has 7 nitrogen and oxygen atoms in total. The van der Waals surface area contributed by atoms with Crippen LogP contribution in [-0.2, 0) is 6.42 Å². The molecule has 2 aliphatic rings. The first-order chi connectivity index (χ1) is 16.2. The minimum Gasteiger partial charge on any atom is -0.497 e. The molecular formula is C26H27N5O2. The second-order valence-corrected chi connectivity index (χ2v) is 8.28. The van der Waals surface area contributed by atoms with Gasteiger partial charge < -0.3 is 15.3 Å². The van der Waals surface area contributed by atoms with E-state index in [9.17, 15) is 5.21 Å². The van der Waals surface area contributed by atoms with Crippen molar-refractivity contribution in [1.82, 2.24) is 14.6 Å². The molecule has 0 unspecified atom stereocenters. The molecule has 168 valence electrons. The maximum Gasteiger partial charge on any atom is 0.264 e. The van der Waals surface area contributed by atoms with Crippen molar-refractivity contribution in [3.8, 4) is 28.8 Å². The van der Waals surface area contributed by atoms with Gasteiger partial charge in [0, 0.05) is 41.2 Å². The number of hydrogen-bond donors (Lipinski definition) is 2. The Morgan fingerprint density at radius 1 is 1.18 bits per heavy atom. The van der Waals surface area contributed by atoms with E-state index in [4.69, 9.17) is 4.74 Å². The summed E-state index contributed by atoms with van der Waals surface area (Å²) in [5.41, 5.74) is 5.33. The Morgan fingerprint density at radius 2 is 2.06 bits per heavy atom. The highest BCUT2D eigenvalue weighted by Gasteiger charge is 2.19. The third-order valence-corrected chi connectivity index (χ3v) is 6.04. The molecule has 1 saturated heterocycles. The number of hydrogen-bond acceptors (Lipinski definition) is 6. The molecule has 0 amide bonds. The van der Waals surface area contributed by atoms with E-state index in [1.54, 1.807) is 19.4 Å². The molecule has 0 aliphatic carbocycles. The molecule has 5 rings (SSSR count). The van der Waals surface area contributed by atoms with Gasteiger partial charge in [0.2, 0.25) is 0 Å². The summed E-state index contributed by atoms with van der Waals surface area (Å²) in [5.74, 6) is 7.29. The van der Waals surface area contributed by atoms with Gasteiger partial charge in [0.1, 0.15) is 5.75 Å². The predicted molar refractivity (Wildman–Crippen MR) is 128 cm³/mol. The van der Waals surface area contributed by atoms with Crippen molar-refractivity contribution in [2.24, 2.45) is 4.99 Å². The van der Waals surface area contributed by atoms with E-state index in [-0.39, 0.29) is 5.62 Å². The number of ether oxygens (including phenoxy) is 1. The van der Waals surface area contributed by atoms with Crippen molar-refractivity contribution in [2.75, 3.05) is 38.6 Å². The van der Waals surface area contributed by atoms with Crippen LogP contribution in [0.5, 0.6) is 5.75 Å². The highest BCUT2D eigenvalue weighted by Crippen LogP contribution is 2.33. The summed E-state index contributed by atoms with van der Waals surface area (Å²) in [5, 5.41) is 14.6. The molecule has 1 fully saturated rings. The molecule has 0 radical (unpaired) electrons. The molecule has 0 bridgehead atoms. The van der Waals surface area contributed by atoms with Crippen LogP contribution >= 0.6 is 0 Å². The number of fused-ring (bicyclic) bond motifs is 3. The van der Waals surface area contributed by atoms with Gasteiger partial charge in [-0.25, -0.2) is 9.98 Å².